The first kappa shape index (κ1) is 31.8. The number of nitrogens with zero attached hydrogens (tertiary/aromatic N) is 6. The Hall–Kier alpha value is -3.15. The van der Waals surface area contributed by atoms with E-state index >= 15 is 0 Å². The van der Waals surface area contributed by atoms with Crippen molar-refractivity contribution < 1.29 is 14.3 Å². The van der Waals surface area contributed by atoms with Crippen molar-refractivity contribution in [1.82, 2.24) is 29.6 Å². The molecule has 3 aromatic heterocycles. The molecule has 0 saturated carbocycles. The van der Waals surface area contributed by atoms with Crippen LogP contribution >= 0.6 is 11.6 Å². The monoisotopic (exact) mass is 651 g/mol. The molecule has 6 rings (SSSR count). The number of halogens is 1. The third-order valence-electron chi connectivity index (χ3n) is 8.78. The van der Waals surface area contributed by atoms with E-state index in [0.717, 1.165) is 77.3 Å². The smallest absolute Gasteiger partial charge is 0.407 e. The molecule has 2 aliphatic rings. The molecular weight excluding hydrogens is 606 g/mol. The summed E-state index contributed by atoms with van der Waals surface area (Å²) >= 11 is 7.03. The Morgan fingerprint density at radius 1 is 1.11 bits per heavy atom. The van der Waals surface area contributed by atoms with E-state index < -0.39 is 13.7 Å². The molecule has 0 spiro atoms. The van der Waals surface area contributed by atoms with Gasteiger partial charge in [0.2, 0.25) is 0 Å². The Bertz CT molecular complexity index is 1690. The van der Waals surface area contributed by atoms with Crippen molar-refractivity contribution in [2.24, 2.45) is 0 Å². The van der Waals surface area contributed by atoms with Crippen LogP contribution in [0.4, 0.5) is 10.6 Å². The van der Waals surface area contributed by atoms with Crippen molar-refractivity contribution in [2.75, 3.05) is 11.5 Å². The number of aryl methyl sites for hydroxylation is 1. The lowest BCUT2D eigenvalue weighted by Gasteiger charge is -2.39. The average molecular weight is 652 g/mol. The highest BCUT2D eigenvalue weighted by molar-refractivity contribution is 6.76. The van der Waals surface area contributed by atoms with Crippen LogP contribution in [0.1, 0.15) is 53.4 Å². The van der Waals surface area contributed by atoms with Gasteiger partial charge >= 0.3 is 6.09 Å². The van der Waals surface area contributed by atoms with Crippen LogP contribution in [0.3, 0.4) is 0 Å². The summed E-state index contributed by atoms with van der Waals surface area (Å²) in [5.74, 6) is 0.865. The van der Waals surface area contributed by atoms with Gasteiger partial charge in [-0.15, -0.1) is 0 Å². The number of aromatic nitrogens is 5. The third-order valence-corrected chi connectivity index (χ3v) is 10.9. The normalized spacial score (nSPS) is 20.4. The fraction of sp³-hybridized carbons (Fsp3) is 0.576. The van der Waals surface area contributed by atoms with E-state index in [0.29, 0.717) is 18.4 Å². The minimum atomic E-state index is -1.23. The number of rotatable bonds is 9. The Morgan fingerprint density at radius 3 is 2.51 bits per heavy atom. The molecular formula is C33H46ClN7O3Si. The van der Waals surface area contributed by atoms with Crippen LogP contribution in [-0.4, -0.2) is 68.8 Å². The number of amides is 1. The number of ether oxygens (including phenoxy) is 2. The van der Waals surface area contributed by atoms with Crippen LogP contribution in [-0.2, 0) is 22.7 Å². The highest BCUT2D eigenvalue weighted by Crippen LogP contribution is 2.41. The highest BCUT2D eigenvalue weighted by Gasteiger charge is 2.42. The predicted molar refractivity (Wildman–Crippen MR) is 183 cm³/mol. The molecule has 1 N–H and O–H groups in total. The van der Waals surface area contributed by atoms with Crippen molar-refractivity contribution in [3.63, 3.8) is 0 Å². The van der Waals surface area contributed by atoms with Crippen molar-refractivity contribution >= 4 is 53.7 Å². The van der Waals surface area contributed by atoms with Crippen LogP contribution in [0, 0.1) is 0 Å². The van der Waals surface area contributed by atoms with Crippen molar-refractivity contribution in [3.05, 3.63) is 35.7 Å². The summed E-state index contributed by atoms with van der Waals surface area (Å²) < 4.78 is 15.7. The Kier molecular flexibility index (Phi) is 8.64. The van der Waals surface area contributed by atoms with Gasteiger partial charge in [0.05, 0.1) is 16.7 Å². The lowest BCUT2D eigenvalue weighted by Crippen LogP contribution is -2.51. The largest absolute Gasteiger partial charge is 0.444 e. The van der Waals surface area contributed by atoms with Crippen molar-refractivity contribution in [2.45, 2.75) is 116 Å². The number of fused-ring (bicyclic) bond motifs is 4. The highest BCUT2D eigenvalue weighted by atomic mass is 35.5. The molecule has 2 fully saturated rings. The molecule has 2 unspecified atom stereocenters. The molecule has 4 aromatic rings. The van der Waals surface area contributed by atoms with Gasteiger partial charge in [-0.25, -0.2) is 14.8 Å². The second kappa shape index (κ2) is 12.2. The average Bonchev–Trinajstić information content (AvgIpc) is 3.61. The maximum Gasteiger partial charge on any atom is 0.407 e. The summed E-state index contributed by atoms with van der Waals surface area (Å²) in [6.45, 7) is 16.7. The molecule has 1 amide bonds. The van der Waals surface area contributed by atoms with E-state index in [9.17, 15) is 4.79 Å². The summed E-state index contributed by atoms with van der Waals surface area (Å²) in [5, 5.41) is 9.33. The zero-order valence-corrected chi connectivity index (χ0v) is 29.3. The van der Waals surface area contributed by atoms with Gasteiger partial charge in [-0.1, -0.05) is 37.3 Å². The van der Waals surface area contributed by atoms with Gasteiger partial charge in [0.25, 0.3) is 0 Å². The van der Waals surface area contributed by atoms with Crippen LogP contribution in [0.15, 0.2) is 30.7 Å². The maximum absolute atomic E-state index is 12.5. The zero-order valence-electron chi connectivity index (χ0n) is 27.6. The second-order valence-corrected chi connectivity index (χ2v) is 20.7. The molecule has 0 aliphatic carbocycles. The predicted octanol–water partition coefficient (Wildman–Crippen LogP) is 7.46. The number of piperidine rings is 1. The van der Waals surface area contributed by atoms with E-state index in [-0.39, 0.29) is 24.2 Å². The van der Waals surface area contributed by atoms with Crippen molar-refractivity contribution in [3.8, 4) is 11.1 Å². The van der Waals surface area contributed by atoms with Gasteiger partial charge < -0.3 is 24.3 Å². The molecule has 45 heavy (non-hydrogen) atoms. The summed E-state index contributed by atoms with van der Waals surface area (Å²) in [6, 6.07) is 5.77. The Labute approximate surface area is 271 Å². The van der Waals surface area contributed by atoms with Gasteiger partial charge in [-0.05, 0) is 65.5 Å². The maximum atomic E-state index is 12.5. The van der Waals surface area contributed by atoms with E-state index in [4.69, 9.17) is 31.0 Å². The van der Waals surface area contributed by atoms with Crippen molar-refractivity contribution in [1.29, 1.82) is 0 Å². The van der Waals surface area contributed by atoms with E-state index in [1.165, 1.54) is 0 Å². The number of nitrogens with one attached hydrogen (secondary N) is 1. The Balaban J connectivity index is 1.31. The molecule has 5 heterocycles. The first-order valence-corrected chi connectivity index (χ1v) is 20.3. The molecule has 10 nitrogen and oxygen atoms in total. The van der Waals surface area contributed by atoms with Gasteiger partial charge in [0, 0.05) is 68.3 Å². The zero-order chi connectivity index (χ0) is 32.1. The van der Waals surface area contributed by atoms with Gasteiger partial charge in [-0.3, -0.25) is 4.68 Å². The lowest BCUT2D eigenvalue weighted by molar-refractivity contribution is 0.0492. The number of carbonyl (C=O) groups excluding carboxylic acids is 1. The van der Waals surface area contributed by atoms with E-state index in [1.807, 2.05) is 50.0 Å². The molecule has 2 aliphatic heterocycles. The van der Waals surface area contributed by atoms with Crippen LogP contribution in [0.25, 0.3) is 33.2 Å². The van der Waals surface area contributed by atoms with Crippen LogP contribution in [0.5, 0.6) is 0 Å². The summed E-state index contributed by atoms with van der Waals surface area (Å²) in [6.07, 6.45) is 9.45. The number of benzene rings is 1. The molecule has 12 heteroatoms. The minimum absolute atomic E-state index is 0.0784. The lowest BCUT2D eigenvalue weighted by atomic mass is 9.97. The van der Waals surface area contributed by atoms with Gasteiger partial charge in [0.1, 0.15) is 23.7 Å². The molecule has 1 aromatic carbocycles. The summed E-state index contributed by atoms with van der Waals surface area (Å²) in [7, 11) is -1.23. The topological polar surface area (TPSA) is 99.3 Å². The SMILES string of the molecule is CCn1cc2c(Cl)c(-c3cn(COCC[Si](C)(C)C)c4nc(N5C6CCC5CC(NC(=O)OC(C)(C)C)C6)cnc34)ccc2n1. The number of alkyl carbamates (subject to hydrolysis) is 1. The molecule has 242 valence electrons. The number of carbonyl (C=O) groups is 1. The quantitative estimate of drug-likeness (QED) is 0.148. The first-order chi connectivity index (χ1) is 21.3. The number of hydrogen-bond donors (Lipinski definition) is 1. The summed E-state index contributed by atoms with van der Waals surface area (Å²) in [5.41, 5.74) is 3.76. The second-order valence-electron chi connectivity index (χ2n) is 14.7. The third kappa shape index (κ3) is 6.85. The van der Waals surface area contributed by atoms with E-state index in [2.05, 4.69) is 52.6 Å². The minimum Gasteiger partial charge on any atom is -0.444 e. The fourth-order valence-electron chi connectivity index (χ4n) is 6.62. The molecule has 2 saturated heterocycles. The molecule has 0 radical (unpaired) electrons. The van der Waals surface area contributed by atoms with Crippen LogP contribution < -0.4 is 10.2 Å². The Morgan fingerprint density at radius 2 is 1.84 bits per heavy atom. The van der Waals surface area contributed by atoms with Gasteiger partial charge in [-0.2, -0.15) is 5.10 Å². The fourth-order valence-corrected chi connectivity index (χ4v) is 7.69. The number of hydrogen-bond acceptors (Lipinski definition) is 7. The van der Waals surface area contributed by atoms with Gasteiger partial charge in [0.15, 0.2) is 5.65 Å². The standard InChI is InChI=1S/C33H46ClN7O3Si/c1-8-40-19-26-27(38-40)12-11-24(29(26)34)25-18-39(20-43-13-14-45(5,6)7)31-30(25)35-17-28(37-31)41-22-9-10-23(41)16-21(15-22)36-32(42)44-33(2,3)4/h11-12,17-19,21-23H,8-10,13-16,20H2,1-7H3,(H,36,42). The molecule has 2 atom stereocenters. The number of anilines is 1. The van der Waals surface area contributed by atoms with Crippen LogP contribution in [0.2, 0.25) is 30.7 Å². The first-order valence-electron chi connectivity index (χ1n) is 16.2. The van der Waals surface area contributed by atoms with E-state index in [1.54, 1.807) is 0 Å². The summed E-state index contributed by atoms with van der Waals surface area (Å²) in [4.78, 5) is 25.2. The molecule has 2 bridgehead atoms.